The minimum Gasteiger partial charge on any atom is -0.442 e. The Labute approximate surface area is 101 Å². The van der Waals surface area contributed by atoms with Crippen LogP contribution in [0.4, 0.5) is 4.79 Å². The zero-order valence-electron chi connectivity index (χ0n) is 9.89. The monoisotopic (exact) mass is 265 g/mol. The zero-order chi connectivity index (χ0) is 12.9. The van der Waals surface area contributed by atoms with Gasteiger partial charge < -0.3 is 4.74 Å². The maximum Gasteiger partial charge on any atom is 0.424 e. The molecule has 1 saturated heterocycles. The van der Waals surface area contributed by atoms with Crippen molar-refractivity contribution in [2.45, 2.75) is 32.3 Å². The Balaban J connectivity index is 2.28. The topological polar surface area (TPSA) is 102 Å². The second kappa shape index (κ2) is 6.18. The Hall–Kier alpha value is -0.860. The van der Waals surface area contributed by atoms with E-state index in [1.54, 1.807) is 0 Å². The van der Waals surface area contributed by atoms with E-state index in [9.17, 15) is 13.2 Å². The summed E-state index contributed by atoms with van der Waals surface area (Å²) in [5.74, 6) is 5.39. The maximum absolute atomic E-state index is 11.5. The van der Waals surface area contributed by atoms with Gasteiger partial charge in [0.05, 0.1) is 12.3 Å². The van der Waals surface area contributed by atoms with Crippen molar-refractivity contribution in [1.29, 1.82) is 0 Å². The predicted octanol–water partition coefficient (Wildman–Crippen LogP) is -0.209. The Morgan fingerprint density at radius 2 is 2.24 bits per heavy atom. The third-order valence-corrected chi connectivity index (χ3v) is 3.88. The van der Waals surface area contributed by atoms with Crippen molar-refractivity contribution in [2.24, 2.45) is 5.84 Å². The lowest BCUT2D eigenvalue weighted by Crippen LogP contribution is -2.37. The molecular formula is C9H19N3O4S. The maximum atomic E-state index is 11.5. The Morgan fingerprint density at radius 1 is 1.53 bits per heavy atom. The highest BCUT2D eigenvalue weighted by Crippen LogP contribution is 2.06. The van der Waals surface area contributed by atoms with Gasteiger partial charge in [0, 0.05) is 6.54 Å². The zero-order valence-corrected chi connectivity index (χ0v) is 10.7. The van der Waals surface area contributed by atoms with Gasteiger partial charge in [0.2, 0.25) is 10.0 Å². The molecule has 0 bridgehead atoms. The lowest BCUT2D eigenvalue weighted by molar-refractivity contribution is 0.133. The van der Waals surface area contributed by atoms with E-state index in [0.717, 1.165) is 17.9 Å². The molecule has 1 fully saturated rings. The summed E-state index contributed by atoms with van der Waals surface area (Å²) < 4.78 is 30.3. The number of hydrogen-bond donors (Lipinski definition) is 2. The minimum absolute atomic E-state index is 0.0773. The van der Waals surface area contributed by atoms with Crippen molar-refractivity contribution >= 4 is 16.1 Å². The van der Waals surface area contributed by atoms with Crippen LogP contribution in [0.1, 0.15) is 26.2 Å². The SMILES string of the molecule is CCCCCS(=O)(=O)NC[C@H]1CN(N)C(=O)O1. The fourth-order valence-corrected chi connectivity index (χ4v) is 2.65. The number of hydrazine groups is 1. The average molecular weight is 265 g/mol. The highest BCUT2D eigenvalue weighted by molar-refractivity contribution is 7.89. The third-order valence-electron chi connectivity index (χ3n) is 2.45. The van der Waals surface area contributed by atoms with E-state index in [0.29, 0.717) is 6.42 Å². The molecule has 0 radical (unpaired) electrons. The molecule has 0 aromatic carbocycles. The fourth-order valence-electron chi connectivity index (χ4n) is 1.48. The summed E-state index contributed by atoms with van der Waals surface area (Å²) in [7, 11) is -3.28. The molecular weight excluding hydrogens is 246 g/mol. The van der Waals surface area contributed by atoms with Crippen LogP contribution >= 0.6 is 0 Å². The van der Waals surface area contributed by atoms with Crippen molar-refractivity contribution in [3.63, 3.8) is 0 Å². The Morgan fingerprint density at radius 3 is 2.76 bits per heavy atom. The number of nitrogens with one attached hydrogen (secondary N) is 1. The van der Waals surface area contributed by atoms with Gasteiger partial charge in [0.1, 0.15) is 6.10 Å². The van der Waals surface area contributed by atoms with E-state index in [1.165, 1.54) is 0 Å². The number of sulfonamides is 1. The number of nitrogens with two attached hydrogens (primary N) is 1. The summed E-state index contributed by atoms with van der Waals surface area (Å²) in [5.41, 5.74) is 0. The molecule has 3 N–H and O–H groups in total. The molecule has 1 rings (SSSR count). The van der Waals surface area contributed by atoms with Gasteiger partial charge >= 0.3 is 6.09 Å². The van der Waals surface area contributed by atoms with Crippen LogP contribution in [-0.2, 0) is 14.8 Å². The number of ether oxygens (including phenoxy) is 1. The van der Waals surface area contributed by atoms with Gasteiger partial charge in [-0.2, -0.15) is 0 Å². The fraction of sp³-hybridized carbons (Fsp3) is 0.889. The number of unbranched alkanes of at least 4 members (excludes halogenated alkanes) is 2. The van der Waals surface area contributed by atoms with Crippen molar-refractivity contribution in [3.05, 3.63) is 0 Å². The first kappa shape index (κ1) is 14.2. The van der Waals surface area contributed by atoms with Gasteiger partial charge in [0.25, 0.3) is 0 Å². The number of nitrogens with zero attached hydrogens (tertiary/aromatic N) is 1. The number of amides is 1. The molecule has 0 spiro atoms. The molecule has 0 saturated carbocycles. The summed E-state index contributed by atoms with van der Waals surface area (Å²) in [6.07, 6.45) is 1.36. The average Bonchev–Trinajstić information content (AvgIpc) is 2.56. The van der Waals surface area contributed by atoms with Gasteiger partial charge in [-0.3, -0.25) is 0 Å². The van der Waals surface area contributed by atoms with Gasteiger partial charge in [-0.1, -0.05) is 19.8 Å². The lowest BCUT2D eigenvalue weighted by Gasteiger charge is -2.10. The summed E-state index contributed by atoms with van der Waals surface area (Å²) in [6.45, 7) is 2.29. The smallest absolute Gasteiger partial charge is 0.424 e. The minimum atomic E-state index is -3.28. The van der Waals surface area contributed by atoms with Gasteiger partial charge in [-0.25, -0.2) is 28.8 Å². The van der Waals surface area contributed by atoms with Crippen LogP contribution in [-0.4, -0.2) is 44.5 Å². The van der Waals surface area contributed by atoms with E-state index in [2.05, 4.69) is 4.72 Å². The normalized spacial score (nSPS) is 20.7. The van der Waals surface area contributed by atoms with Crippen LogP contribution < -0.4 is 10.6 Å². The summed E-state index contributed by atoms with van der Waals surface area (Å²) in [5, 5.41) is 0.927. The molecule has 8 heteroatoms. The van der Waals surface area contributed by atoms with E-state index in [-0.39, 0.29) is 18.8 Å². The molecule has 0 unspecified atom stereocenters. The van der Waals surface area contributed by atoms with Crippen LogP contribution in [0.25, 0.3) is 0 Å². The van der Waals surface area contributed by atoms with Crippen LogP contribution in [0.3, 0.4) is 0 Å². The van der Waals surface area contributed by atoms with E-state index in [1.807, 2.05) is 6.92 Å². The molecule has 7 nitrogen and oxygen atoms in total. The predicted molar refractivity (Wildman–Crippen MR) is 62.5 cm³/mol. The second-order valence-electron chi connectivity index (χ2n) is 4.03. The molecule has 0 aromatic heterocycles. The molecule has 17 heavy (non-hydrogen) atoms. The van der Waals surface area contributed by atoms with Crippen molar-refractivity contribution in [3.8, 4) is 0 Å². The van der Waals surface area contributed by atoms with Gasteiger partial charge in [-0.15, -0.1) is 0 Å². The number of hydrogen-bond acceptors (Lipinski definition) is 5. The molecule has 1 aliphatic heterocycles. The van der Waals surface area contributed by atoms with Crippen molar-refractivity contribution < 1.29 is 17.9 Å². The van der Waals surface area contributed by atoms with E-state index >= 15 is 0 Å². The third kappa shape index (κ3) is 4.88. The largest absolute Gasteiger partial charge is 0.442 e. The summed E-state index contributed by atoms with van der Waals surface area (Å²) in [6, 6.07) is 0. The number of carbonyl (C=O) groups excluding carboxylic acids is 1. The highest BCUT2D eigenvalue weighted by Gasteiger charge is 2.29. The van der Waals surface area contributed by atoms with Crippen molar-refractivity contribution in [2.75, 3.05) is 18.8 Å². The number of carbonyl (C=O) groups is 1. The molecule has 100 valence electrons. The molecule has 0 aromatic rings. The number of cyclic esters (lactones) is 1. The van der Waals surface area contributed by atoms with E-state index in [4.69, 9.17) is 10.6 Å². The first-order valence-electron chi connectivity index (χ1n) is 5.65. The van der Waals surface area contributed by atoms with Gasteiger partial charge in [0.15, 0.2) is 0 Å². The van der Waals surface area contributed by atoms with Crippen LogP contribution in [0.5, 0.6) is 0 Å². The standard InChI is InChI=1S/C9H19N3O4S/c1-2-3-4-5-17(14,15)11-6-8-7-12(10)9(13)16-8/h8,11H,2-7,10H2,1H3/t8-/m0/s1. The molecule has 1 amide bonds. The molecule has 1 aliphatic rings. The molecule has 1 heterocycles. The van der Waals surface area contributed by atoms with Gasteiger partial charge in [-0.05, 0) is 6.42 Å². The first-order chi connectivity index (χ1) is 7.94. The lowest BCUT2D eigenvalue weighted by atomic mass is 10.3. The van der Waals surface area contributed by atoms with Crippen LogP contribution in [0.15, 0.2) is 0 Å². The van der Waals surface area contributed by atoms with E-state index < -0.39 is 22.2 Å². The Bertz CT molecular complexity index is 357. The van der Waals surface area contributed by atoms with Crippen LogP contribution in [0.2, 0.25) is 0 Å². The summed E-state index contributed by atoms with van der Waals surface area (Å²) >= 11 is 0. The molecule has 1 atom stereocenters. The summed E-state index contributed by atoms with van der Waals surface area (Å²) in [4.78, 5) is 10.9. The second-order valence-corrected chi connectivity index (χ2v) is 5.96. The molecule has 0 aliphatic carbocycles. The van der Waals surface area contributed by atoms with Crippen LogP contribution in [0, 0.1) is 0 Å². The Kier molecular flexibility index (Phi) is 5.16. The number of rotatable bonds is 7. The highest BCUT2D eigenvalue weighted by atomic mass is 32.2. The first-order valence-corrected chi connectivity index (χ1v) is 7.30. The quantitative estimate of drug-likeness (QED) is 0.377. The van der Waals surface area contributed by atoms with Crippen molar-refractivity contribution in [1.82, 2.24) is 9.73 Å².